The molecule has 20 heavy (non-hydrogen) atoms. The number of rotatable bonds is 5. The fourth-order valence-corrected chi connectivity index (χ4v) is 1.97. The maximum absolute atomic E-state index is 12.5. The summed E-state index contributed by atoms with van der Waals surface area (Å²) in [6, 6.07) is 5.31. The largest absolute Gasteiger partial charge is 0.492 e. The third-order valence-corrected chi connectivity index (χ3v) is 2.79. The van der Waals surface area contributed by atoms with E-state index in [0.717, 1.165) is 17.8 Å². The van der Waals surface area contributed by atoms with E-state index in [2.05, 4.69) is 9.97 Å². The summed E-state index contributed by atoms with van der Waals surface area (Å²) in [5, 5.41) is 0. The first-order valence-electron chi connectivity index (χ1n) is 6.68. The van der Waals surface area contributed by atoms with Crippen LogP contribution in [0, 0.1) is 13.8 Å². The topological polar surface area (TPSA) is 52.1 Å². The van der Waals surface area contributed by atoms with E-state index in [1.807, 2.05) is 20.8 Å². The van der Waals surface area contributed by atoms with Crippen molar-refractivity contribution in [1.82, 2.24) is 9.97 Å². The van der Waals surface area contributed by atoms with Gasteiger partial charge in [0.1, 0.15) is 5.75 Å². The van der Waals surface area contributed by atoms with Gasteiger partial charge in [-0.05, 0) is 38.5 Å². The molecule has 0 unspecified atom stereocenters. The molecule has 0 N–H and O–H groups in total. The number of aromatic nitrogens is 2. The van der Waals surface area contributed by atoms with Crippen molar-refractivity contribution < 1.29 is 9.53 Å². The van der Waals surface area contributed by atoms with Crippen molar-refractivity contribution in [2.45, 2.75) is 27.2 Å². The first-order chi connectivity index (χ1) is 9.60. The Kier molecular flexibility index (Phi) is 4.45. The predicted octanol–water partition coefficient (Wildman–Crippen LogP) is 3.11. The van der Waals surface area contributed by atoms with Gasteiger partial charge in [0.05, 0.1) is 12.8 Å². The van der Waals surface area contributed by atoms with Crippen LogP contribution in [0.2, 0.25) is 0 Å². The smallest absolute Gasteiger partial charge is 0.194 e. The van der Waals surface area contributed by atoms with E-state index >= 15 is 0 Å². The van der Waals surface area contributed by atoms with Crippen LogP contribution in [-0.4, -0.2) is 22.4 Å². The summed E-state index contributed by atoms with van der Waals surface area (Å²) in [6.07, 6.45) is 4.10. The number of ether oxygens (including phenoxy) is 1. The molecular formula is C16H18N2O2. The Hall–Kier alpha value is -2.23. The van der Waals surface area contributed by atoms with Gasteiger partial charge in [0.25, 0.3) is 0 Å². The van der Waals surface area contributed by atoms with Crippen molar-refractivity contribution in [3.05, 3.63) is 53.1 Å². The van der Waals surface area contributed by atoms with Gasteiger partial charge in [0.2, 0.25) is 0 Å². The van der Waals surface area contributed by atoms with Gasteiger partial charge < -0.3 is 4.74 Å². The number of nitrogens with zero attached hydrogens (tertiary/aromatic N) is 2. The maximum atomic E-state index is 12.5. The summed E-state index contributed by atoms with van der Waals surface area (Å²) >= 11 is 0. The number of hydrogen-bond donors (Lipinski definition) is 0. The lowest BCUT2D eigenvalue weighted by molar-refractivity contribution is 0.103. The second-order valence-corrected chi connectivity index (χ2v) is 4.73. The van der Waals surface area contributed by atoms with Crippen molar-refractivity contribution >= 4 is 5.78 Å². The summed E-state index contributed by atoms with van der Waals surface area (Å²) in [5.74, 6) is 0.563. The Morgan fingerprint density at radius 3 is 2.45 bits per heavy atom. The average Bonchev–Trinajstić information content (AvgIpc) is 2.43. The van der Waals surface area contributed by atoms with Crippen LogP contribution < -0.4 is 4.74 Å². The molecule has 0 saturated heterocycles. The van der Waals surface area contributed by atoms with Crippen molar-refractivity contribution in [2.24, 2.45) is 0 Å². The first-order valence-corrected chi connectivity index (χ1v) is 6.68. The standard InChI is InChI=1S/C16H18N2O2/c1-4-5-20-15-8-14(9-17-10-15)16(19)13-6-11(2)18-12(3)7-13/h6-10H,4-5H2,1-3H3. The molecule has 0 radical (unpaired) electrons. The van der Waals surface area contributed by atoms with E-state index in [1.54, 1.807) is 30.6 Å². The quantitative estimate of drug-likeness (QED) is 0.783. The fourth-order valence-electron chi connectivity index (χ4n) is 1.97. The Balaban J connectivity index is 2.28. The SMILES string of the molecule is CCCOc1cncc(C(=O)c2cc(C)nc(C)c2)c1. The van der Waals surface area contributed by atoms with Gasteiger partial charge in [-0.25, -0.2) is 0 Å². The van der Waals surface area contributed by atoms with E-state index in [4.69, 9.17) is 4.74 Å². The highest BCUT2D eigenvalue weighted by atomic mass is 16.5. The van der Waals surface area contributed by atoms with Crippen LogP contribution in [0.1, 0.15) is 40.7 Å². The van der Waals surface area contributed by atoms with Crippen molar-refractivity contribution in [1.29, 1.82) is 0 Å². The molecule has 2 heterocycles. The number of pyridine rings is 2. The Morgan fingerprint density at radius 1 is 1.10 bits per heavy atom. The third-order valence-electron chi connectivity index (χ3n) is 2.79. The minimum Gasteiger partial charge on any atom is -0.492 e. The number of carbonyl (C=O) groups is 1. The van der Waals surface area contributed by atoms with Gasteiger partial charge in [-0.15, -0.1) is 0 Å². The zero-order chi connectivity index (χ0) is 14.5. The zero-order valence-electron chi connectivity index (χ0n) is 12.0. The molecule has 0 aliphatic heterocycles. The third kappa shape index (κ3) is 3.41. The summed E-state index contributed by atoms with van der Waals surface area (Å²) in [7, 11) is 0. The molecule has 0 spiro atoms. The average molecular weight is 270 g/mol. The lowest BCUT2D eigenvalue weighted by Gasteiger charge is -2.07. The Bertz CT molecular complexity index is 603. The lowest BCUT2D eigenvalue weighted by Crippen LogP contribution is -2.05. The molecule has 0 saturated carbocycles. The van der Waals surface area contributed by atoms with Crippen LogP contribution in [-0.2, 0) is 0 Å². The van der Waals surface area contributed by atoms with Gasteiger partial charge in [0.15, 0.2) is 5.78 Å². The molecule has 0 atom stereocenters. The first kappa shape index (κ1) is 14.2. The summed E-state index contributed by atoms with van der Waals surface area (Å²) in [6.45, 7) is 6.41. The minimum absolute atomic E-state index is 0.0620. The summed E-state index contributed by atoms with van der Waals surface area (Å²) in [5.41, 5.74) is 2.83. The fraction of sp³-hybridized carbons (Fsp3) is 0.312. The van der Waals surface area contributed by atoms with Gasteiger partial charge >= 0.3 is 0 Å². The molecule has 4 heteroatoms. The Morgan fingerprint density at radius 2 is 1.80 bits per heavy atom. The van der Waals surface area contributed by atoms with Crippen molar-refractivity contribution in [3.63, 3.8) is 0 Å². The van der Waals surface area contributed by atoms with E-state index in [-0.39, 0.29) is 5.78 Å². The monoisotopic (exact) mass is 270 g/mol. The molecule has 0 amide bonds. The summed E-state index contributed by atoms with van der Waals surface area (Å²) in [4.78, 5) is 20.8. The van der Waals surface area contributed by atoms with E-state index < -0.39 is 0 Å². The van der Waals surface area contributed by atoms with Gasteiger partial charge in [-0.3, -0.25) is 14.8 Å². The second kappa shape index (κ2) is 6.28. The molecule has 0 aliphatic rings. The number of hydrogen-bond acceptors (Lipinski definition) is 4. The molecule has 104 valence electrons. The van der Waals surface area contributed by atoms with Crippen LogP contribution in [0.3, 0.4) is 0 Å². The normalized spacial score (nSPS) is 10.3. The van der Waals surface area contributed by atoms with Gasteiger partial charge in [0, 0.05) is 28.7 Å². The number of aryl methyl sites for hydroxylation is 2. The maximum Gasteiger partial charge on any atom is 0.194 e. The molecule has 2 aromatic heterocycles. The van der Waals surface area contributed by atoms with Crippen molar-refractivity contribution in [2.75, 3.05) is 6.61 Å². The highest BCUT2D eigenvalue weighted by Gasteiger charge is 2.12. The Labute approximate surface area is 118 Å². The summed E-state index contributed by atoms with van der Waals surface area (Å²) < 4.78 is 5.50. The molecule has 2 rings (SSSR count). The van der Waals surface area contributed by atoms with Crippen molar-refractivity contribution in [3.8, 4) is 5.75 Å². The lowest BCUT2D eigenvalue weighted by atomic mass is 10.0. The van der Waals surface area contributed by atoms with E-state index in [9.17, 15) is 4.79 Å². The number of ketones is 1. The number of carbonyl (C=O) groups excluding carboxylic acids is 1. The predicted molar refractivity (Wildman–Crippen MR) is 77.2 cm³/mol. The van der Waals surface area contributed by atoms with E-state index in [1.165, 1.54) is 0 Å². The molecule has 0 aliphatic carbocycles. The van der Waals surface area contributed by atoms with Crippen LogP contribution in [0.4, 0.5) is 0 Å². The molecule has 0 bridgehead atoms. The molecule has 2 aromatic rings. The van der Waals surface area contributed by atoms with E-state index in [0.29, 0.717) is 23.5 Å². The van der Waals surface area contributed by atoms with Crippen LogP contribution in [0.25, 0.3) is 0 Å². The van der Waals surface area contributed by atoms with Crippen LogP contribution in [0.15, 0.2) is 30.6 Å². The highest BCUT2D eigenvalue weighted by molar-refractivity contribution is 6.09. The van der Waals surface area contributed by atoms with Crippen LogP contribution >= 0.6 is 0 Å². The zero-order valence-corrected chi connectivity index (χ0v) is 12.0. The van der Waals surface area contributed by atoms with Gasteiger partial charge in [-0.1, -0.05) is 6.92 Å². The highest BCUT2D eigenvalue weighted by Crippen LogP contribution is 2.16. The molecule has 0 fully saturated rings. The minimum atomic E-state index is -0.0620. The molecular weight excluding hydrogens is 252 g/mol. The molecule has 0 aromatic carbocycles. The van der Waals surface area contributed by atoms with Crippen LogP contribution in [0.5, 0.6) is 5.75 Å². The van der Waals surface area contributed by atoms with Gasteiger partial charge in [-0.2, -0.15) is 0 Å². The molecule has 4 nitrogen and oxygen atoms in total. The second-order valence-electron chi connectivity index (χ2n) is 4.73.